The molecular weight excluding hydrogens is 1160 g/mol. The molecular formula is C45H64N6O22P6. The predicted molar refractivity (Wildman–Crippen MR) is 279 cm³/mol. The minimum Gasteiger partial charge on any atom is -0.422 e. The first-order valence-corrected chi connectivity index (χ1v) is 35.6. The Morgan fingerprint density at radius 1 is 0.304 bits per heavy atom. The topological polar surface area (TPSA) is 310 Å². The zero-order chi connectivity index (χ0) is 53.2. The highest BCUT2D eigenvalue weighted by molar-refractivity contribution is 7.79. The quantitative estimate of drug-likeness (QED) is 0.0455. The van der Waals surface area contributed by atoms with E-state index in [9.17, 15) is 0 Å². The van der Waals surface area contributed by atoms with Crippen molar-refractivity contribution in [1.29, 1.82) is 0 Å². The molecule has 0 spiro atoms. The van der Waals surface area contributed by atoms with E-state index < -0.39 is 51.4 Å². The Morgan fingerprint density at radius 2 is 0.468 bits per heavy atom. The van der Waals surface area contributed by atoms with Gasteiger partial charge in [0.1, 0.15) is 72.5 Å². The number of benzene rings is 2. The van der Waals surface area contributed by atoms with Crippen molar-refractivity contribution >= 4 is 46.0 Å². The summed E-state index contributed by atoms with van der Waals surface area (Å²) in [7, 11) is -22.2. The van der Waals surface area contributed by atoms with Gasteiger partial charge in [-0.3, -0.25) is 9.05 Å². The van der Waals surface area contributed by atoms with Crippen LogP contribution in [0, 0.1) is 0 Å². The van der Waals surface area contributed by atoms with Crippen molar-refractivity contribution in [2.24, 2.45) is 27.1 Å². The molecule has 436 valence electrons. The Bertz CT molecular complexity index is 2560. The van der Waals surface area contributed by atoms with Gasteiger partial charge in [0.2, 0.25) is 0 Å². The van der Waals surface area contributed by atoms with Gasteiger partial charge < -0.3 is 92.6 Å². The molecule has 2 aromatic rings. The molecule has 0 amide bonds. The molecule has 0 aromatic heterocycles. The molecule has 10 fully saturated rings. The van der Waals surface area contributed by atoms with E-state index in [0.717, 1.165) is 11.1 Å². The summed E-state index contributed by atoms with van der Waals surface area (Å²) in [5, 5.41) is 0. The maximum Gasteiger partial charge on any atom is 0.402 e. The lowest BCUT2D eigenvalue weighted by Crippen LogP contribution is -2.18. The first-order valence-electron chi connectivity index (χ1n) is 26.4. The second kappa shape index (κ2) is 22.8. The zero-order valence-corrected chi connectivity index (χ0v) is 48.7. The lowest BCUT2D eigenvalue weighted by molar-refractivity contribution is 0.191. The molecule has 10 saturated heterocycles. The fourth-order valence-corrected chi connectivity index (χ4v) is 26.7. The smallest absolute Gasteiger partial charge is 0.402 e. The normalized spacial score (nSPS) is 41.2. The molecule has 0 bridgehead atoms. The molecule has 34 heteroatoms. The van der Waals surface area contributed by atoms with E-state index in [1.165, 1.54) is 0 Å². The zero-order valence-electron chi connectivity index (χ0n) is 43.4. The van der Waals surface area contributed by atoms with Gasteiger partial charge >= 0.3 is 46.0 Å². The highest BCUT2D eigenvalue weighted by Crippen LogP contribution is 2.82. The van der Waals surface area contributed by atoms with Gasteiger partial charge in [-0.1, -0.05) is 38.1 Å². The van der Waals surface area contributed by atoms with Crippen LogP contribution in [0.3, 0.4) is 0 Å². The third-order valence-electron chi connectivity index (χ3n) is 13.3. The molecule has 0 N–H and O–H groups in total. The maximum absolute atomic E-state index is 6.92. The Labute approximate surface area is 456 Å². The van der Waals surface area contributed by atoms with Gasteiger partial charge in [-0.2, -0.15) is 0 Å². The summed E-state index contributed by atoms with van der Waals surface area (Å²) < 4.78 is 166. The van der Waals surface area contributed by atoms with E-state index >= 15 is 0 Å². The monoisotopic (exact) mass is 1230 g/mol. The Hall–Kier alpha value is -1.38. The highest BCUT2D eigenvalue weighted by atomic mass is 31.3. The molecule has 0 radical (unpaired) electrons. The summed E-state index contributed by atoms with van der Waals surface area (Å²) in [5.74, 6) is 0.844. The summed E-state index contributed by atoms with van der Waals surface area (Å²) in [6, 6.07) is 15.4. The van der Waals surface area contributed by atoms with Crippen LogP contribution in [-0.2, 0) is 98.0 Å². The largest absolute Gasteiger partial charge is 0.422 e. The molecule has 79 heavy (non-hydrogen) atoms. The number of rotatable bonds is 36. The van der Waals surface area contributed by atoms with E-state index in [4.69, 9.17) is 129 Å². The first kappa shape index (κ1) is 55.5. The fourth-order valence-electron chi connectivity index (χ4n) is 7.51. The molecule has 28 nitrogen and oxygen atoms in total. The van der Waals surface area contributed by atoms with Crippen LogP contribution in [0.5, 0.6) is 11.5 Å². The van der Waals surface area contributed by atoms with E-state index in [-0.39, 0.29) is 127 Å². The maximum atomic E-state index is 6.92. The van der Waals surface area contributed by atoms with Crippen molar-refractivity contribution in [3.05, 3.63) is 59.7 Å². The van der Waals surface area contributed by atoms with Crippen molar-refractivity contribution < 1.29 is 102 Å². The van der Waals surface area contributed by atoms with Crippen molar-refractivity contribution in [1.82, 2.24) is 0 Å². The Balaban J connectivity index is 0.766. The standard InChI is InChI=1S/C45H64N6O22P6/c1-45(2,31-3-7-33(8-4-31)72-78(70-29-43-19-60-43)48-74(62-21-35-11-52-35,63-22-36-12-53-36)46-75(49-78,64-23-37-13-54-37)65-24-38-14-55-38)32-5-9-34(10-6-32)73-79(71-30-44-20-61-44)50-76(66-25-39-15-56-39,67-26-40-16-57-40)47-77(51-79,68-27-41-17-58-41)69-28-42-18-59-42/h3-10,35-44H,11-30H2,1-2H3. The fraction of sp³-hybridized carbons (Fsp3) is 0.733. The molecule has 0 saturated carbocycles. The van der Waals surface area contributed by atoms with E-state index in [2.05, 4.69) is 13.8 Å². The van der Waals surface area contributed by atoms with Crippen LogP contribution in [0.25, 0.3) is 0 Å². The summed E-state index contributed by atoms with van der Waals surface area (Å²) in [6.45, 7) is 11.1. The Kier molecular flexibility index (Phi) is 16.0. The average Bonchev–Trinajstić information content (AvgIpc) is 4.43. The third-order valence-corrected chi connectivity index (χ3v) is 29.9. The van der Waals surface area contributed by atoms with Gasteiger partial charge in [0, 0.05) is 5.41 Å². The summed E-state index contributed by atoms with van der Waals surface area (Å²) in [4.78, 5) is 0. The number of nitrogens with zero attached hydrogens (tertiary/aromatic N) is 6. The van der Waals surface area contributed by atoms with Crippen LogP contribution in [0.15, 0.2) is 75.6 Å². The second-order valence-corrected chi connectivity index (χ2v) is 34.0. The molecule has 12 aliphatic heterocycles. The van der Waals surface area contributed by atoms with E-state index in [1.807, 2.05) is 48.5 Å². The summed E-state index contributed by atoms with van der Waals surface area (Å²) >= 11 is 0. The second-order valence-electron chi connectivity index (χ2n) is 20.8. The first-order chi connectivity index (χ1) is 38.4. The van der Waals surface area contributed by atoms with Gasteiger partial charge in [-0.25, -0.2) is 0 Å². The molecule has 0 aliphatic carbocycles. The van der Waals surface area contributed by atoms with Crippen LogP contribution in [0.4, 0.5) is 0 Å². The minimum atomic E-state index is -3.80. The van der Waals surface area contributed by atoms with Crippen molar-refractivity contribution in [2.45, 2.75) is 80.3 Å². The molecule has 12 unspecified atom stereocenters. The van der Waals surface area contributed by atoms with Gasteiger partial charge in [0.15, 0.2) is 0 Å². The van der Waals surface area contributed by atoms with Crippen LogP contribution < -0.4 is 9.05 Å². The van der Waals surface area contributed by atoms with E-state index in [1.54, 1.807) is 0 Å². The third kappa shape index (κ3) is 15.4. The Morgan fingerprint density at radius 3 is 0.658 bits per heavy atom. The number of hydrogen-bond acceptors (Lipinski definition) is 28. The van der Waals surface area contributed by atoms with Crippen molar-refractivity contribution in [2.75, 3.05) is 132 Å². The van der Waals surface area contributed by atoms with Crippen LogP contribution >= 0.6 is 46.0 Å². The van der Waals surface area contributed by atoms with Gasteiger partial charge in [-0.05, 0) is 35.4 Å². The summed E-state index contributed by atoms with van der Waals surface area (Å²) in [5.41, 5.74) is 1.37. The summed E-state index contributed by atoms with van der Waals surface area (Å²) in [6.07, 6.45) is -1.52. The van der Waals surface area contributed by atoms with Gasteiger partial charge in [-0.15, -0.1) is 27.1 Å². The van der Waals surface area contributed by atoms with Crippen LogP contribution in [0.2, 0.25) is 0 Å². The number of epoxide rings is 10. The van der Waals surface area contributed by atoms with Gasteiger partial charge in [0.05, 0.1) is 132 Å². The van der Waals surface area contributed by atoms with Crippen LogP contribution in [0.1, 0.15) is 25.0 Å². The molecule has 12 heterocycles. The van der Waals surface area contributed by atoms with Crippen molar-refractivity contribution in [3.8, 4) is 11.5 Å². The minimum absolute atomic E-state index is 0.133. The molecule has 12 aliphatic rings. The number of ether oxygens (including phenoxy) is 10. The lowest BCUT2D eigenvalue weighted by Gasteiger charge is -2.33. The molecule has 2 aromatic carbocycles. The van der Waals surface area contributed by atoms with Crippen molar-refractivity contribution in [3.63, 3.8) is 0 Å². The molecule has 14 rings (SSSR count). The van der Waals surface area contributed by atoms with Crippen LogP contribution in [-0.4, -0.2) is 193 Å². The lowest BCUT2D eigenvalue weighted by atomic mass is 9.78. The van der Waals surface area contributed by atoms with Gasteiger partial charge in [0.25, 0.3) is 0 Å². The average molecular weight is 1230 g/mol. The van der Waals surface area contributed by atoms with E-state index in [0.29, 0.717) is 77.6 Å². The predicted octanol–water partition coefficient (Wildman–Crippen LogP) is 8.63. The number of hydrogen-bond donors (Lipinski definition) is 0. The molecule has 12 atom stereocenters. The highest BCUT2D eigenvalue weighted by Gasteiger charge is 2.50. The SMILES string of the molecule is CC(C)(c1ccc(OP2(OCC3CO3)=NP(OCC3CO3)(OCC3CO3)=NP(OCC3CO3)(OCC3CO3)=N2)cc1)c1ccc(OP2(OCC3CO3)=NP(OCC3CO3)(OCC3CO3)=NP(OCC3CO3)(OCC3CO3)=N2)cc1.